The molecule has 184 valence electrons. The van der Waals surface area contributed by atoms with Gasteiger partial charge in [0.1, 0.15) is 16.5 Å². The van der Waals surface area contributed by atoms with Gasteiger partial charge in [0.25, 0.3) is 5.91 Å². The van der Waals surface area contributed by atoms with Crippen LogP contribution in [0.5, 0.6) is 5.75 Å². The summed E-state index contributed by atoms with van der Waals surface area (Å²) in [5.74, 6) is -0.800. The summed E-state index contributed by atoms with van der Waals surface area (Å²) in [5, 5.41) is 3.18. The van der Waals surface area contributed by atoms with E-state index in [0.29, 0.717) is 23.8 Å². The molecule has 1 fully saturated rings. The van der Waals surface area contributed by atoms with Crippen LogP contribution >= 0.6 is 23.2 Å². The molecule has 7 nitrogen and oxygen atoms in total. The number of anilines is 2. The summed E-state index contributed by atoms with van der Waals surface area (Å²) in [4.78, 5) is 14.2. The maximum Gasteiger partial charge on any atom is 0.255 e. The Morgan fingerprint density at radius 1 is 0.943 bits per heavy atom. The number of rotatable bonds is 6. The Morgan fingerprint density at radius 3 is 2.26 bits per heavy atom. The van der Waals surface area contributed by atoms with E-state index in [-0.39, 0.29) is 23.7 Å². The van der Waals surface area contributed by atoms with Crippen LogP contribution in [0.3, 0.4) is 0 Å². The first-order chi connectivity index (χ1) is 16.7. The number of piperazine rings is 1. The summed E-state index contributed by atoms with van der Waals surface area (Å²) in [5.41, 5.74) is 1.30. The molecule has 35 heavy (non-hydrogen) atoms. The highest BCUT2D eigenvalue weighted by Gasteiger charge is 2.31. The highest BCUT2D eigenvalue weighted by Crippen LogP contribution is 2.27. The van der Waals surface area contributed by atoms with Crippen LogP contribution in [0.1, 0.15) is 10.4 Å². The lowest BCUT2D eigenvalue weighted by Gasteiger charge is -2.35. The Kier molecular flexibility index (Phi) is 7.51. The monoisotopic (exact) mass is 537 g/mol. The van der Waals surface area contributed by atoms with Crippen LogP contribution in [0.25, 0.3) is 0 Å². The number of amides is 1. The van der Waals surface area contributed by atoms with Crippen molar-refractivity contribution in [2.45, 2.75) is 4.90 Å². The number of sulfonamides is 1. The van der Waals surface area contributed by atoms with Gasteiger partial charge in [-0.3, -0.25) is 4.79 Å². The molecule has 1 aliphatic heterocycles. The number of carbonyl (C=O) groups excluding carboxylic acids is 1. The SMILES string of the molecule is COc1ccc(N2CCN(S(=O)(=O)c3cc(C(=O)Nc4ccc(Cl)c(Cl)c4)ccc3F)CC2)cc1. The maximum absolute atomic E-state index is 14.6. The van der Waals surface area contributed by atoms with Crippen LogP contribution in [-0.2, 0) is 10.0 Å². The smallest absolute Gasteiger partial charge is 0.255 e. The molecule has 1 N–H and O–H groups in total. The van der Waals surface area contributed by atoms with Gasteiger partial charge in [0.15, 0.2) is 0 Å². The van der Waals surface area contributed by atoms with E-state index in [1.807, 2.05) is 29.2 Å². The summed E-state index contributed by atoms with van der Waals surface area (Å²) in [6.07, 6.45) is 0. The quantitative estimate of drug-likeness (QED) is 0.483. The first-order valence-corrected chi connectivity index (χ1v) is 12.8. The first-order valence-electron chi connectivity index (χ1n) is 10.6. The van der Waals surface area contributed by atoms with Crippen molar-refractivity contribution in [2.24, 2.45) is 0 Å². The number of ether oxygens (including phenoxy) is 1. The molecule has 0 bridgehead atoms. The fourth-order valence-electron chi connectivity index (χ4n) is 3.74. The third-order valence-corrected chi connectivity index (χ3v) is 8.32. The number of halogens is 3. The van der Waals surface area contributed by atoms with Crippen molar-refractivity contribution in [1.82, 2.24) is 4.31 Å². The molecule has 1 saturated heterocycles. The molecule has 0 radical (unpaired) electrons. The van der Waals surface area contributed by atoms with Crippen LogP contribution in [-0.4, -0.2) is 51.9 Å². The Morgan fingerprint density at radius 2 is 1.63 bits per heavy atom. The Hall–Kier alpha value is -2.85. The molecule has 4 rings (SSSR count). The second-order valence-corrected chi connectivity index (χ2v) is 10.5. The molecule has 3 aromatic carbocycles. The van der Waals surface area contributed by atoms with Crippen LogP contribution in [0.4, 0.5) is 15.8 Å². The average molecular weight is 538 g/mol. The second-order valence-electron chi connectivity index (χ2n) is 7.82. The van der Waals surface area contributed by atoms with Crippen molar-refractivity contribution in [1.29, 1.82) is 0 Å². The molecule has 1 aliphatic rings. The van der Waals surface area contributed by atoms with Crippen LogP contribution < -0.4 is 15.0 Å². The molecule has 0 spiro atoms. The van der Waals surface area contributed by atoms with Gasteiger partial charge in [-0.15, -0.1) is 0 Å². The minimum atomic E-state index is -4.16. The van der Waals surface area contributed by atoms with Gasteiger partial charge in [-0.1, -0.05) is 23.2 Å². The van der Waals surface area contributed by atoms with Crippen molar-refractivity contribution in [2.75, 3.05) is 43.5 Å². The van der Waals surface area contributed by atoms with Crippen molar-refractivity contribution in [3.05, 3.63) is 82.1 Å². The lowest BCUT2D eigenvalue weighted by molar-refractivity contribution is 0.102. The van der Waals surface area contributed by atoms with Crippen molar-refractivity contribution >= 4 is 50.5 Å². The summed E-state index contributed by atoms with van der Waals surface area (Å²) in [6, 6.07) is 15.3. The molecule has 1 amide bonds. The van der Waals surface area contributed by atoms with Gasteiger partial charge in [0.05, 0.1) is 17.2 Å². The number of nitrogens with one attached hydrogen (secondary N) is 1. The van der Waals surface area contributed by atoms with E-state index in [0.717, 1.165) is 23.6 Å². The van der Waals surface area contributed by atoms with Gasteiger partial charge >= 0.3 is 0 Å². The Balaban J connectivity index is 1.49. The maximum atomic E-state index is 14.6. The highest BCUT2D eigenvalue weighted by atomic mass is 35.5. The minimum Gasteiger partial charge on any atom is -0.497 e. The van der Waals surface area contributed by atoms with E-state index in [2.05, 4.69) is 5.32 Å². The molecule has 1 heterocycles. The van der Waals surface area contributed by atoms with Gasteiger partial charge in [-0.2, -0.15) is 4.31 Å². The summed E-state index contributed by atoms with van der Waals surface area (Å²) < 4.78 is 47.5. The highest BCUT2D eigenvalue weighted by molar-refractivity contribution is 7.89. The lowest BCUT2D eigenvalue weighted by atomic mass is 10.2. The second kappa shape index (κ2) is 10.4. The van der Waals surface area contributed by atoms with Crippen molar-refractivity contribution in [3.8, 4) is 5.75 Å². The summed E-state index contributed by atoms with van der Waals surface area (Å²) in [7, 11) is -2.57. The molecule has 0 aliphatic carbocycles. The summed E-state index contributed by atoms with van der Waals surface area (Å²) >= 11 is 11.9. The third-order valence-electron chi connectivity index (χ3n) is 5.66. The topological polar surface area (TPSA) is 79.0 Å². The van der Waals surface area contributed by atoms with Gasteiger partial charge < -0.3 is 15.0 Å². The lowest BCUT2D eigenvalue weighted by Crippen LogP contribution is -2.48. The van der Waals surface area contributed by atoms with Gasteiger partial charge in [-0.05, 0) is 60.7 Å². The molecule has 0 saturated carbocycles. The normalized spacial score (nSPS) is 14.6. The van der Waals surface area contributed by atoms with E-state index in [4.69, 9.17) is 27.9 Å². The zero-order valence-corrected chi connectivity index (χ0v) is 21.0. The molecule has 0 aromatic heterocycles. The molecule has 11 heteroatoms. The van der Waals surface area contributed by atoms with Crippen molar-refractivity contribution < 1.29 is 22.3 Å². The first kappa shape index (κ1) is 25.2. The zero-order chi connectivity index (χ0) is 25.2. The van der Waals surface area contributed by atoms with E-state index in [9.17, 15) is 17.6 Å². The van der Waals surface area contributed by atoms with Crippen LogP contribution in [0.15, 0.2) is 65.6 Å². The fraction of sp³-hybridized carbons (Fsp3) is 0.208. The largest absolute Gasteiger partial charge is 0.497 e. The predicted molar refractivity (Wildman–Crippen MR) is 135 cm³/mol. The number of carbonyl (C=O) groups is 1. The predicted octanol–water partition coefficient (Wildman–Crippen LogP) is 4.90. The number of hydrogen-bond acceptors (Lipinski definition) is 5. The van der Waals surface area contributed by atoms with E-state index >= 15 is 0 Å². The van der Waals surface area contributed by atoms with E-state index in [1.165, 1.54) is 22.5 Å². The number of nitrogens with zero attached hydrogens (tertiary/aromatic N) is 2. The van der Waals surface area contributed by atoms with Gasteiger partial charge in [0.2, 0.25) is 10.0 Å². The van der Waals surface area contributed by atoms with E-state index < -0.39 is 26.6 Å². The number of benzene rings is 3. The third kappa shape index (κ3) is 5.54. The van der Waals surface area contributed by atoms with Gasteiger partial charge in [-0.25, -0.2) is 12.8 Å². The number of methoxy groups -OCH3 is 1. The molecule has 3 aromatic rings. The molecule has 0 unspecified atom stereocenters. The molecular weight excluding hydrogens is 516 g/mol. The van der Waals surface area contributed by atoms with Gasteiger partial charge in [0, 0.05) is 43.1 Å². The zero-order valence-electron chi connectivity index (χ0n) is 18.7. The van der Waals surface area contributed by atoms with Crippen molar-refractivity contribution in [3.63, 3.8) is 0 Å². The molecular formula is C24H22Cl2FN3O4S. The Labute approximate surface area is 213 Å². The fourth-order valence-corrected chi connectivity index (χ4v) is 5.55. The van der Waals surface area contributed by atoms with Crippen LogP contribution in [0.2, 0.25) is 10.0 Å². The van der Waals surface area contributed by atoms with Crippen LogP contribution in [0, 0.1) is 5.82 Å². The Bertz CT molecular complexity index is 1350. The minimum absolute atomic E-state index is 0.00656. The summed E-state index contributed by atoms with van der Waals surface area (Å²) in [6.45, 7) is 1.22. The average Bonchev–Trinajstić information content (AvgIpc) is 2.86. The number of hydrogen-bond donors (Lipinski definition) is 1. The van der Waals surface area contributed by atoms with E-state index in [1.54, 1.807) is 13.2 Å². The standard InChI is InChI=1S/C24H22Cl2FN3O4S/c1-34-19-6-4-18(5-7-19)29-10-12-30(13-11-29)35(32,33)23-14-16(2-9-22(23)27)24(31)28-17-3-8-20(25)21(26)15-17/h2-9,14-15H,10-13H2,1H3,(H,28,31). The molecule has 0 atom stereocenters.